The number of nitrogens with zero attached hydrogens (tertiary/aromatic N) is 5. The highest BCUT2D eigenvalue weighted by atomic mass is 19.1. The van der Waals surface area contributed by atoms with Gasteiger partial charge in [0.05, 0.1) is 24.9 Å². The number of likely N-dealkylation sites (tertiary alicyclic amines) is 1. The minimum absolute atomic E-state index is 0.117. The molecule has 0 radical (unpaired) electrons. The van der Waals surface area contributed by atoms with Gasteiger partial charge in [0.2, 0.25) is 0 Å². The van der Waals surface area contributed by atoms with Gasteiger partial charge in [0.15, 0.2) is 5.78 Å². The first-order chi connectivity index (χ1) is 13.1. The van der Waals surface area contributed by atoms with Crippen LogP contribution in [0.2, 0.25) is 0 Å². The first kappa shape index (κ1) is 17.7. The minimum Gasteiger partial charge on any atom is -0.298 e. The number of ketones is 1. The number of alkyl halides is 1. The van der Waals surface area contributed by atoms with Crippen LogP contribution in [-0.2, 0) is 18.3 Å². The van der Waals surface area contributed by atoms with Gasteiger partial charge in [-0.1, -0.05) is 17.3 Å². The summed E-state index contributed by atoms with van der Waals surface area (Å²) in [6.07, 6.45) is 4.15. The Morgan fingerprint density at radius 3 is 2.74 bits per heavy atom. The molecule has 1 aliphatic rings. The fraction of sp³-hybridized carbons (Fsp3) is 0.400. The Hall–Kier alpha value is -2.67. The van der Waals surface area contributed by atoms with E-state index >= 15 is 0 Å². The van der Waals surface area contributed by atoms with E-state index in [-0.39, 0.29) is 5.78 Å². The lowest BCUT2D eigenvalue weighted by molar-refractivity contribution is -0.120. The number of hydrogen-bond donors (Lipinski definition) is 0. The van der Waals surface area contributed by atoms with Crippen molar-refractivity contribution in [2.24, 2.45) is 7.05 Å². The number of benzene rings is 1. The van der Waals surface area contributed by atoms with E-state index in [4.69, 9.17) is 0 Å². The van der Waals surface area contributed by atoms with E-state index in [1.807, 2.05) is 30.1 Å². The van der Waals surface area contributed by atoms with Crippen LogP contribution in [0.4, 0.5) is 4.39 Å². The fourth-order valence-corrected chi connectivity index (χ4v) is 3.56. The molecule has 1 fully saturated rings. The van der Waals surface area contributed by atoms with Gasteiger partial charge >= 0.3 is 0 Å². The standard InChI is InChI=1S/C20H22FN5O/c1-25-20(12-23-24-25)14-2-3-15-11-22-18(9-16(15)8-14)10-19(27)13-26-6-4-17(21)5-7-26/h2-3,8-9,11-12,17H,4-7,10,13H2,1H3. The minimum atomic E-state index is -0.720. The first-order valence-corrected chi connectivity index (χ1v) is 9.20. The largest absolute Gasteiger partial charge is 0.298 e. The molecule has 0 atom stereocenters. The molecule has 7 heteroatoms. The van der Waals surface area contributed by atoms with Gasteiger partial charge in [-0.25, -0.2) is 9.07 Å². The average Bonchev–Trinajstić information content (AvgIpc) is 3.09. The van der Waals surface area contributed by atoms with Gasteiger partial charge in [-0.05, 0) is 30.4 Å². The van der Waals surface area contributed by atoms with Crippen molar-refractivity contribution in [3.63, 3.8) is 0 Å². The number of carbonyl (C=O) groups is 1. The number of hydrogen-bond acceptors (Lipinski definition) is 5. The van der Waals surface area contributed by atoms with Gasteiger partial charge in [0.1, 0.15) is 6.17 Å². The van der Waals surface area contributed by atoms with Crippen molar-refractivity contribution < 1.29 is 9.18 Å². The van der Waals surface area contributed by atoms with Gasteiger partial charge < -0.3 is 0 Å². The van der Waals surface area contributed by atoms with Crippen molar-refractivity contribution >= 4 is 16.6 Å². The SMILES string of the molecule is Cn1nncc1-c1ccc2cnc(CC(=O)CN3CCC(F)CC3)cc2c1. The van der Waals surface area contributed by atoms with Gasteiger partial charge in [-0.3, -0.25) is 14.7 Å². The molecule has 1 aromatic carbocycles. The summed E-state index contributed by atoms with van der Waals surface area (Å²) < 4.78 is 14.9. The molecule has 0 saturated carbocycles. The van der Waals surface area contributed by atoms with Crippen LogP contribution in [0.1, 0.15) is 18.5 Å². The Labute approximate surface area is 157 Å². The molecule has 3 heterocycles. The zero-order chi connectivity index (χ0) is 18.8. The monoisotopic (exact) mass is 367 g/mol. The predicted octanol–water partition coefficient (Wildman–Crippen LogP) is 2.58. The number of rotatable bonds is 5. The Kier molecular flexibility index (Phi) is 4.94. The molecular weight excluding hydrogens is 345 g/mol. The molecule has 1 saturated heterocycles. The zero-order valence-electron chi connectivity index (χ0n) is 15.3. The van der Waals surface area contributed by atoms with E-state index in [0.717, 1.165) is 27.7 Å². The van der Waals surface area contributed by atoms with Crippen LogP contribution in [0.25, 0.3) is 22.0 Å². The second kappa shape index (κ2) is 7.52. The number of fused-ring (bicyclic) bond motifs is 1. The zero-order valence-corrected chi connectivity index (χ0v) is 15.3. The third-order valence-corrected chi connectivity index (χ3v) is 5.08. The molecule has 0 amide bonds. The average molecular weight is 367 g/mol. The van der Waals surface area contributed by atoms with Crippen LogP contribution in [0.15, 0.2) is 36.7 Å². The van der Waals surface area contributed by atoms with E-state index in [1.54, 1.807) is 17.1 Å². The van der Waals surface area contributed by atoms with E-state index in [9.17, 15) is 9.18 Å². The molecule has 27 heavy (non-hydrogen) atoms. The molecule has 4 rings (SSSR count). The summed E-state index contributed by atoms with van der Waals surface area (Å²) in [7, 11) is 1.86. The third kappa shape index (κ3) is 4.03. The molecule has 6 nitrogen and oxygen atoms in total. The molecule has 0 N–H and O–H groups in total. The summed E-state index contributed by atoms with van der Waals surface area (Å²) >= 11 is 0. The van der Waals surface area contributed by atoms with Crippen LogP contribution in [0, 0.1) is 0 Å². The van der Waals surface area contributed by atoms with E-state index < -0.39 is 6.17 Å². The van der Waals surface area contributed by atoms with Crippen LogP contribution in [0.5, 0.6) is 0 Å². The summed E-state index contributed by atoms with van der Waals surface area (Å²) in [5.41, 5.74) is 2.71. The fourth-order valence-electron chi connectivity index (χ4n) is 3.56. The highest BCUT2D eigenvalue weighted by Gasteiger charge is 2.20. The quantitative estimate of drug-likeness (QED) is 0.694. The lowest BCUT2D eigenvalue weighted by Crippen LogP contribution is -2.38. The molecule has 3 aromatic rings. The van der Waals surface area contributed by atoms with E-state index in [0.29, 0.717) is 38.9 Å². The number of pyridine rings is 1. The summed E-state index contributed by atoms with van der Waals surface area (Å²) in [5, 5.41) is 9.95. The lowest BCUT2D eigenvalue weighted by Gasteiger charge is -2.27. The Balaban J connectivity index is 1.49. The second-order valence-electron chi connectivity index (χ2n) is 7.15. The lowest BCUT2D eigenvalue weighted by atomic mass is 10.0. The van der Waals surface area contributed by atoms with Crippen molar-refractivity contribution in [2.45, 2.75) is 25.4 Å². The molecule has 0 unspecified atom stereocenters. The number of carbonyl (C=O) groups excluding carboxylic acids is 1. The molecule has 0 aliphatic carbocycles. The maximum absolute atomic E-state index is 13.2. The van der Waals surface area contributed by atoms with Crippen molar-refractivity contribution in [3.8, 4) is 11.3 Å². The second-order valence-corrected chi connectivity index (χ2v) is 7.15. The van der Waals surface area contributed by atoms with Crippen molar-refractivity contribution in [1.29, 1.82) is 0 Å². The Morgan fingerprint density at radius 1 is 1.19 bits per heavy atom. The van der Waals surface area contributed by atoms with Crippen LogP contribution < -0.4 is 0 Å². The van der Waals surface area contributed by atoms with E-state index in [2.05, 4.69) is 21.4 Å². The van der Waals surface area contributed by atoms with Gasteiger partial charge in [0.25, 0.3) is 0 Å². The molecule has 0 bridgehead atoms. The smallest absolute Gasteiger partial charge is 0.152 e. The van der Waals surface area contributed by atoms with Crippen LogP contribution >= 0.6 is 0 Å². The van der Waals surface area contributed by atoms with Gasteiger partial charge in [-0.15, -0.1) is 5.10 Å². The molecule has 1 aliphatic heterocycles. The van der Waals surface area contributed by atoms with Crippen LogP contribution in [-0.4, -0.2) is 56.5 Å². The molecular formula is C20H22FN5O. The number of Topliss-reactive ketones (excluding diaryl/α,β-unsaturated/α-hetero) is 1. The highest BCUT2D eigenvalue weighted by molar-refractivity contribution is 5.88. The van der Waals surface area contributed by atoms with E-state index in [1.165, 1.54) is 0 Å². The van der Waals surface area contributed by atoms with Gasteiger partial charge in [-0.2, -0.15) is 0 Å². The Bertz CT molecular complexity index is 962. The first-order valence-electron chi connectivity index (χ1n) is 9.20. The van der Waals surface area contributed by atoms with Crippen LogP contribution in [0.3, 0.4) is 0 Å². The Morgan fingerprint density at radius 2 is 2.00 bits per heavy atom. The summed E-state index contributed by atoms with van der Waals surface area (Å²) in [6.45, 7) is 1.67. The third-order valence-electron chi connectivity index (χ3n) is 5.08. The summed E-state index contributed by atoms with van der Waals surface area (Å²) in [5.74, 6) is 0.117. The van der Waals surface area contributed by atoms with Gasteiger partial charge in [0, 0.05) is 43.0 Å². The number of halogens is 1. The highest BCUT2D eigenvalue weighted by Crippen LogP contribution is 2.23. The summed E-state index contributed by atoms with van der Waals surface area (Å²) in [4.78, 5) is 18.9. The normalized spacial score (nSPS) is 16.1. The maximum Gasteiger partial charge on any atom is 0.152 e. The topological polar surface area (TPSA) is 63.9 Å². The molecule has 140 valence electrons. The maximum atomic E-state index is 13.2. The number of piperidine rings is 1. The summed E-state index contributed by atoms with van der Waals surface area (Å²) in [6, 6.07) is 8.06. The molecule has 2 aromatic heterocycles. The predicted molar refractivity (Wildman–Crippen MR) is 101 cm³/mol. The number of aromatic nitrogens is 4. The van der Waals surface area contributed by atoms with Crippen molar-refractivity contribution in [2.75, 3.05) is 19.6 Å². The number of aryl methyl sites for hydroxylation is 1. The van der Waals surface area contributed by atoms with Crippen molar-refractivity contribution in [1.82, 2.24) is 24.9 Å². The van der Waals surface area contributed by atoms with Crippen molar-refractivity contribution in [3.05, 3.63) is 42.4 Å². The molecule has 0 spiro atoms.